The number of hydrogen-bond donors (Lipinski definition) is 10. The second-order valence-electron chi connectivity index (χ2n) is 19.0. The van der Waals surface area contributed by atoms with E-state index in [1.165, 1.54) is 0 Å². The van der Waals surface area contributed by atoms with E-state index in [0.29, 0.717) is 75.3 Å². The van der Waals surface area contributed by atoms with Gasteiger partial charge in [-0.25, -0.2) is 0 Å². The highest BCUT2D eigenvalue weighted by Crippen LogP contribution is 2.35. The third kappa shape index (κ3) is 13.9. The standard InChI is InChI=1S/C50H72N10O10/c51-41-33(29-61)17-19-35-21-23-37(59(35)49(41)69)45(65)57-43(31-11-5-3-6-12-31)47(67)55-27-25-53-39(63)15-9-1-2-10-16-40(64)54-26-28-56-48(68)44(32-13-7-4-8-14-32)58-46(66)38-24-22-36-20-18-34(30-62)42(52)50(70)60(36)38/h3-8,11-14,33-38,41-44,61-62H,1-2,9-10,15-30,51-52H2,(H,53,63)(H,54,64)(H,55,67)(H,56,68)(H,57,65)(H,58,66)/t33-,34-,35+,36+,37+,38+,41+,42+,43+,44+/m1/s1. The lowest BCUT2D eigenvalue weighted by atomic mass is 9.95. The molecule has 0 saturated carbocycles. The summed E-state index contributed by atoms with van der Waals surface area (Å²) in [5.41, 5.74) is 13.5. The molecular formula is C50H72N10O10. The maximum absolute atomic E-state index is 13.7. The van der Waals surface area contributed by atoms with E-state index >= 15 is 0 Å². The molecule has 6 rings (SSSR count). The van der Waals surface area contributed by atoms with Crippen molar-refractivity contribution >= 4 is 47.3 Å². The highest BCUT2D eigenvalue weighted by atomic mass is 16.3. The van der Waals surface area contributed by atoms with Crippen LogP contribution in [0.25, 0.3) is 0 Å². The van der Waals surface area contributed by atoms with Crippen LogP contribution in [-0.2, 0) is 38.4 Å². The zero-order valence-electron chi connectivity index (χ0n) is 39.9. The minimum Gasteiger partial charge on any atom is -0.396 e. The van der Waals surface area contributed by atoms with Crippen LogP contribution in [0.15, 0.2) is 60.7 Å². The van der Waals surface area contributed by atoms with Crippen LogP contribution in [0.2, 0.25) is 0 Å². The molecule has 12 N–H and O–H groups in total. The maximum Gasteiger partial charge on any atom is 0.247 e. The number of aliphatic hydroxyl groups is 2. The Morgan fingerprint density at radius 1 is 0.514 bits per heavy atom. The third-order valence-corrected chi connectivity index (χ3v) is 14.3. The number of carbonyl (C=O) groups is 8. The Morgan fingerprint density at radius 2 is 0.871 bits per heavy atom. The largest absolute Gasteiger partial charge is 0.396 e. The summed E-state index contributed by atoms with van der Waals surface area (Å²) in [5.74, 6) is -3.69. The summed E-state index contributed by atoms with van der Waals surface area (Å²) < 4.78 is 0. The Balaban J connectivity index is 0.843. The van der Waals surface area contributed by atoms with E-state index in [1.54, 1.807) is 70.5 Å². The average molecular weight is 973 g/mol. The molecule has 0 unspecified atom stereocenters. The minimum atomic E-state index is -1.04. The normalized spacial score (nSPS) is 25.0. The van der Waals surface area contributed by atoms with Crippen molar-refractivity contribution in [1.82, 2.24) is 41.7 Å². The zero-order valence-corrected chi connectivity index (χ0v) is 39.9. The van der Waals surface area contributed by atoms with Crippen molar-refractivity contribution in [3.05, 3.63) is 71.8 Å². The molecule has 4 heterocycles. The van der Waals surface area contributed by atoms with Crippen LogP contribution in [-0.4, -0.2) is 143 Å². The highest BCUT2D eigenvalue weighted by molar-refractivity contribution is 5.95. The molecule has 8 amide bonds. The molecule has 0 spiro atoms. The van der Waals surface area contributed by atoms with E-state index in [-0.39, 0.29) is 99.8 Å². The van der Waals surface area contributed by atoms with Gasteiger partial charge in [0, 0.05) is 76.2 Å². The quantitative estimate of drug-likeness (QED) is 0.0642. The van der Waals surface area contributed by atoms with Crippen molar-refractivity contribution < 1.29 is 48.6 Å². The second-order valence-corrected chi connectivity index (χ2v) is 19.0. The minimum absolute atomic E-state index is 0.118. The number of nitrogens with one attached hydrogen (secondary N) is 6. The molecule has 70 heavy (non-hydrogen) atoms. The van der Waals surface area contributed by atoms with Crippen molar-refractivity contribution in [2.75, 3.05) is 39.4 Å². The number of unbranched alkanes of at least 4 members (excludes halogenated alkanes) is 3. The van der Waals surface area contributed by atoms with Gasteiger partial charge in [0.1, 0.15) is 24.2 Å². The van der Waals surface area contributed by atoms with Crippen LogP contribution in [0.4, 0.5) is 0 Å². The Morgan fingerprint density at radius 3 is 1.24 bits per heavy atom. The maximum atomic E-state index is 13.7. The third-order valence-electron chi connectivity index (χ3n) is 14.3. The Bertz CT molecular complexity index is 1970. The molecule has 0 aromatic heterocycles. The van der Waals surface area contributed by atoms with Gasteiger partial charge in [0.15, 0.2) is 0 Å². The number of amides is 8. The van der Waals surface area contributed by atoms with Gasteiger partial charge in [-0.1, -0.05) is 73.5 Å². The van der Waals surface area contributed by atoms with Gasteiger partial charge in [0.05, 0.1) is 12.1 Å². The number of benzene rings is 2. The van der Waals surface area contributed by atoms with Gasteiger partial charge in [0.2, 0.25) is 47.3 Å². The van der Waals surface area contributed by atoms with Crippen molar-refractivity contribution in [3.8, 4) is 0 Å². The number of carbonyl (C=O) groups excluding carboxylic acids is 8. The molecule has 2 aromatic rings. The molecule has 0 bridgehead atoms. The van der Waals surface area contributed by atoms with Crippen LogP contribution in [0, 0.1) is 11.8 Å². The zero-order chi connectivity index (χ0) is 50.2. The predicted molar refractivity (Wildman–Crippen MR) is 257 cm³/mol. The van der Waals surface area contributed by atoms with E-state index in [1.807, 2.05) is 0 Å². The molecule has 4 aliphatic heterocycles. The van der Waals surface area contributed by atoms with Gasteiger partial charge in [-0.15, -0.1) is 0 Å². The fraction of sp³-hybridized carbons (Fsp3) is 0.600. The monoisotopic (exact) mass is 973 g/mol. The van der Waals surface area contributed by atoms with Crippen molar-refractivity contribution in [2.45, 2.75) is 138 Å². The molecular weight excluding hydrogens is 901 g/mol. The SMILES string of the molecule is N[C@@H]1C(=O)N2[C@@H](CC[C@@H]1CO)CC[C@H]2C(=O)N[C@H](C(=O)NCCNC(=O)CCCCCCC(=O)NCCNC(=O)[C@@H](NC(=O)[C@@H]1CC[C@@H]2CC[C@H](CO)[C@H](N)C(=O)N21)c1ccccc1)c1ccccc1. The summed E-state index contributed by atoms with van der Waals surface area (Å²) in [7, 11) is 0. The van der Waals surface area contributed by atoms with E-state index in [2.05, 4.69) is 31.9 Å². The van der Waals surface area contributed by atoms with Crippen LogP contribution in [0.3, 0.4) is 0 Å². The summed E-state index contributed by atoms with van der Waals surface area (Å²) in [6, 6.07) is 11.7. The predicted octanol–water partition coefficient (Wildman–Crippen LogP) is -0.315. The van der Waals surface area contributed by atoms with Gasteiger partial charge in [-0.05, 0) is 75.3 Å². The van der Waals surface area contributed by atoms with Gasteiger partial charge in [-0.3, -0.25) is 38.4 Å². The molecule has 2 aromatic carbocycles. The first-order chi connectivity index (χ1) is 33.8. The van der Waals surface area contributed by atoms with Crippen LogP contribution >= 0.6 is 0 Å². The summed E-state index contributed by atoms with van der Waals surface area (Å²) in [6.45, 7) is 0.161. The molecule has 4 aliphatic rings. The Labute approximate surface area is 409 Å². The average Bonchev–Trinajstić information content (AvgIpc) is 3.95. The number of nitrogens with two attached hydrogens (primary N) is 2. The topological polar surface area (TPSA) is 308 Å². The first-order valence-corrected chi connectivity index (χ1v) is 25.0. The van der Waals surface area contributed by atoms with Crippen molar-refractivity contribution in [2.24, 2.45) is 23.3 Å². The van der Waals surface area contributed by atoms with Crippen molar-refractivity contribution in [1.29, 1.82) is 0 Å². The first kappa shape index (κ1) is 53.4. The van der Waals surface area contributed by atoms with Gasteiger partial charge in [0.25, 0.3) is 0 Å². The van der Waals surface area contributed by atoms with Crippen LogP contribution in [0.5, 0.6) is 0 Å². The Hall–Kier alpha value is -5.96. The molecule has 20 nitrogen and oxygen atoms in total. The van der Waals surface area contributed by atoms with E-state index in [9.17, 15) is 48.6 Å². The fourth-order valence-corrected chi connectivity index (χ4v) is 10.3. The number of aliphatic hydroxyl groups excluding tert-OH is 2. The van der Waals surface area contributed by atoms with E-state index < -0.39 is 59.9 Å². The molecule has 382 valence electrons. The second kappa shape index (κ2) is 26.3. The number of nitrogens with zero attached hydrogens (tertiary/aromatic N) is 2. The van der Waals surface area contributed by atoms with Crippen LogP contribution in [0.1, 0.15) is 113 Å². The lowest BCUT2D eigenvalue weighted by Gasteiger charge is -2.31. The van der Waals surface area contributed by atoms with Crippen molar-refractivity contribution in [3.63, 3.8) is 0 Å². The highest BCUT2D eigenvalue weighted by Gasteiger charge is 2.48. The molecule has 20 heteroatoms. The summed E-state index contributed by atoms with van der Waals surface area (Å²) in [6.07, 6.45) is 7.76. The molecule has 10 atom stereocenters. The summed E-state index contributed by atoms with van der Waals surface area (Å²) in [5, 5.41) is 36.4. The van der Waals surface area contributed by atoms with Gasteiger partial charge < -0.3 is 63.4 Å². The number of rotatable bonds is 23. The van der Waals surface area contributed by atoms with Gasteiger partial charge >= 0.3 is 0 Å². The van der Waals surface area contributed by atoms with Crippen LogP contribution < -0.4 is 43.4 Å². The molecule has 4 fully saturated rings. The fourth-order valence-electron chi connectivity index (χ4n) is 10.3. The lowest BCUT2D eigenvalue weighted by Crippen LogP contribution is -2.55. The first-order valence-electron chi connectivity index (χ1n) is 25.0. The molecule has 0 radical (unpaired) electrons. The molecule has 4 saturated heterocycles. The van der Waals surface area contributed by atoms with E-state index in [0.717, 1.165) is 12.8 Å². The number of hydrogen-bond acceptors (Lipinski definition) is 12. The smallest absolute Gasteiger partial charge is 0.247 e. The molecule has 0 aliphatic carbocycles. The van der Waals surface area contributed by atoms with Gasteiger partial charge in [-0.2, -0.15) is 0 Å². The lowest BCUT2D eigenvalue weighted by molar-refractivity contribution is -0.142. The summed E-state index contributed by atoms with van der Waals surface area (Å²) in [4.78, 5) is 109. The summed E-state index contributed by atoms with van der Waals surface area (Å²) >= 11 is 0. The number of fused-ring (bicyclic) bond motifs is 2. The van der Waals surface area contributed by atoms with E-state index in [4.69, 9.17) is 11.5 Å². The Kier molecular flexibility index (Phi) is 20.1.